The first kappa shape index (κ1) is 16.6. The average Bonchev–Trinajstić information content (AvgIpc) is 2.68. The molecule has 4 aromatic rings. The molecular formula is C20H14FN5O. The SMILES string of the molecule is O=C(Nc1cccc(F)c1)c1ccnc(Nc2cccc3cccnc23)n1. The zero-order chi connectivity index (χ0) is 18.6. The van der Waals surface area contributed by atoms with E-state index in [0.717, 1.165) is 16.6 Å². The molecule has 2 N–H and O–H groups in total. The summed E-state index contributed by atoms with van der Waals surface area (Å²) >= 11 is 0. The predicted octanol–water partition coefficient (Wildman–Crippen LogP) is 4.16. The summed E-state index contributed by atoms with van der Waals surface area (Å²) in [6.07, 6.45) is 3.19. The lowest BCUT2D eigenvalue weighted by Crippen LogP contribution is -2.14. The standard InChI is InChI=1S/C20H14FN5O/c21-14-6-2-7-15(12-14)24-19(27)17-9-11-23-20(26-17)25-16-8-1-4-13-5-3-10-22-18(13)16/h1-12H,(H,24,27)(H,23,25,26). The Morgan fingerprint density at radius 1 is 0.926 bits per heavy atom. The first-order valence-corrected chi connectivity index (χ1v) is 8.20. The van der Waals surface area contributed by atoms with Gasteiger partial charge in [0.2, 0.25) is 5.95 Å². The molecule has 2 aromatic heterocycles. The fourth-order valence-corrected chi connectivity index (χ4v) is 2.63. The van der Waals surface area contributed by atoms with Crippen molar-refractivity contribution < 1.29 is 9.18 Å². The van der Waals surface area contributed by atoms with Crippen molar-refractivity contribution >= 4 is 34.1 Å². The van der Waals surface area contributed by atoms with Gasteiger partial charge in [-0.2, -0.15) is 0 Å². The van der Waals surface area contributed by atoms with E-state index in [2.05, 4.69) is 25.6 Å². The largest absolute Gasteiger partial charge is 0.322 e. The zero-order valence-electron chi connectivity index (χ0n) is 14.1. The summed E-state index contributed by atoms with van der Waals surface area (Å²) in [4.78, 5) is 25.1. The summed E-state index contributed by atoms with van der Waals surface area (Å²) in [5.41, 5.74) is 2.02. The normalized spacial score (nSPS) is 10.6. The van der Waals surface area contributed by atoms with Gasteiger partial charge in [-0.3, -0.25) is 9.78 Å². The van der Waals surface area contributed by atoms with Crippen LogP contribution in [0, 0.1) is 5.82 Å². The van der Waals surface area contributed by atoms with E-state index in [9.17, 15) is 9.18 Å². The summed E-state index contributed by atoms with van der Waals surface area (Å²) in [5.74, 6) is -0.622. The molecule has 0 aliphatic carbocycles. The minimum Gasteiger partial charge on any atom is -0.322 e. The van der Waals surface area contributed by atoms with Gasteiger partial charge in [-0.1, -0.05) is 24.3 Å². The van der Waals surface area contributed by atoms with Crippen LogP contribution in [-0.2, 0) is 0 Å². The molecule has 0 aliphatic heterocycles. The van der Waals surface area contributed by atoms with Gasteiger partial charge in [0.25, 0.3) is 5.91 Å². The summed E-state index contributed by atoms with van der Waals surface area (Å²) < 4.78 is 13.3. The van der Waals surface area contributed by atoms with Crippen molar-refractivity contribution in [1.29, 1.82) is 0 Å². The Bertz CT molecular complexity index is 1130. The van der Waals surface area contributed by atoms with Crippen LogP contribution in [0.1, 0.15) is 10.5 Å². The maximum atomic E-state index is 13.3. The first-order chi connectivity index (χ1) is 13.2. The number of aromatic nitrogens is 3. The van der Waals surface area contributed by atoms with Crippen molar-refractivity contribution in [3.8, 4) is 0 Å². The molecule has 2 aromatic carbocycles. The van der Waals surface area contributed by atoms with E-state index < -0.39 is 11.7 Å². The third kappa shape index (κ3) is 3.72. The monoisotopic (exact) mass is 359 g/mol. The molecule has 4 rings (SSSR count). The van der Waals surface area contributed by atoms with E-state index in [-0.39, 0.29) is 11.6 Å². The van der Waals surface area contributed by atoms with Gasteiger partial charge in [-0.25, -0.2) is 14.4 Å². The lowest BCUT2D eigenvalue weighted by Gasteiger charge is -2.09. The van der Waals surface area contributed by atoms with Gasteiger partial charge in [0.15, 0.2) is 0 Å². The summed E-state index contributed by atoms with van der Waals surface area (Å²) in [6, 6.07) is 16.7. The van der Waals surface area contributed by atoms with Gasteiger partial charge >= 0.3 is 0 Å². The van der Waals surface area contributed by atoms with Gasteiger partial charge < -0.3 is 10.6 Å². The minimum atomic E-state index is -0.456. The highest BCUT2D eigenvalue weighted by Crippen LogP contribution is 2.23. The number of nitrogens with one attached hydrogen (secondary N) is 2. The van der Waals surface area contributed by atoms with E-state index in [1.54, 1.807) is 12.3 Å². The Balaban J connectivity index is 1.58. The van der Waals surface area contributed by atoms with Gasteiger partial charge in [0.1, 0.15) is 11.5 Å². The predicted molar refractivity (Wildman–Crippen MR) is 101 cm³/mol. The Labute approximate surface area is 154 Å². The fourth-order valence-electron chi connectivity index (χ4n) is 2.63. The molecule has 0 spiro atoms. The van der Waals surface area contributed by atoms with E-state index >= 15 is 0 Å². The number of carbonyl (C=O) groups is 1. The molecule has 6 nitrogen and oxygen atoms in total. The highest BCUT2D eigenvalue weighted by atomic mass is 19.1. The maximum Gasteiger partial charge on any atom is 0.274 e. The van der Waals surface area contributed by atoms with Crippen LogP contribution in [0.15, 0.2) is 73.1 Å². The molecule has 2 heterocycles. The second-order valence-electron chi connectivity index (χ2n) is 5.74. The molecular weight excluding hydrogens is 345 g/mol. The molecule has 1 amide bonds. The molecule has 0 unspecified atom stereocenters. The van der Waals surface area contributed by atoms with Crippen LogP contribution in [0.2, 0.25) is 0 Å². The molecule has 0 atom stereocenters. The highest BCUT2D eigenvalue weighted by molar-refractivity contribution is 6.03. The molecule has 132 valence electrons. The molecule has 0 saturated carbocycles. The van der Waals surface area contributed by atoms with Crippen molar-refractivity contribution in [2.24, 2.45) is 0 Å². The lowest BCUT2D eigenvalue weighted by atomic mass is 10.2. The smallest absolute Gasteiger partial charge is 0.274 e. The van der Waals surface area contributed by atoms with Crippen LogP contribution >= 0.6 is 0 Å². The van der Waals surface area contributed by atoms with E-state index in [4.69, 9.17) is 0 Å². The second-order valence-corrected chi connectivity index (χ2v) is 5.74. The molecule has 0 saturated heterocycles. The molecule has 0 radical (unpaired) electrons. The number of hydrogen-bond acceptors (Lipinski definition) is 5. The Morgan fingerprint density at radius 3 is 2.67 bits per heavy atom. The summed E-state index contributed by atoms with van der Waals surface area (Å²) in [5, 5.41) is 6.68. The Hall–Kier alpha value is -3.87. The summed E-state index contributed by atoms with van der Waals surface area (Å²) in [7, 11) is 0. The van der Waals surface area contributed by atoms with Crippen LogP contribution in [-0.4, -0.2) is 20.9 Å². The maximum absolute atomic E-state index is 13.3. The molecule has 7 heteroatoms. The molecule has 0 bridgehead atoms. The van der Waals surface area contributed by atoms with E-state index in [1.807, 2.05) is 30.3 Å². The fraction of sp³-hybridized carbons (Fsp3) is 0. The number of fused-ring (bicyclic) bond motifs is 1. The quantitative estimate of drug-likeness (QED) is 0.572. The number of nitrogens with zero attached hydrogens (tertiary/aromatic N) is 3. The number of amides is 1. The van der Waals surface area contributed by atoms with Crippen molar-refractivity contribution in [1.82, 2.24) is 15.0 Å². The van der Waals surface area contributed by atoms with Crippen LogP contribution in [0.3, 0.4) is 0 Å². The first-order valence-electron chi connectivity index (χ1n) is 8.20. The third-order valence-electron chi connectivity index (χ3n) is 3.85. The van der Waals surface area contributed by atoms with Gasteiger partial charge in [0.05, 0.1) is 11.2 Å². The topological polar surface area (TPSA) is 79.8 Å². The number of hydrogen-bond donors (Lipinski definition) is 2. The minimum absolute atomic E-state index is 0.157. The van der Waals surface area contributed by atoms with Crippen molar-refractivity contribution in [3.05, 3.63) is 84.6 Å². The second kappa shape index (κ2) is 7.17. The van der Waals surface area contributed by atoms with Crippen LogP contribution in [0.4, 0.5) is 21.7 Å². The number of benzene rings is 2. The number of anilines is 3. The Morgan fingerprint density at radius 2 is 1.78 bits per heavy atom. The number of halogens is 1. The molecule has 0 fully saturated rings. The van der Waals surface area contributed by atoms with Crippen molar-refractivity contribution in [3.63, 3.8) is 0 Å². The Kier molecular flexibility index (Phi) is 4.40. The summed E-state index contributed by atoms with van der Waals surface area (Å²) in [6.45, 7) is 0. The number of para-hydroxylation sites is 1. The van der Waals surface area contributed by atoms with Gasteiger partial charge in [-0.05, 0) is 36.4 Å². The van der Waals surface area contributed by atoms with Crippen LogP contribution in [0.25, 0.3) is 10.9 Å². The third-order valence-corrected chi connectivity index (χ3v) is 3.85. The van der Waals surface area contributed by atoms with Gasteiger partial charge in [-0.15, -0.1) is 0 Å². The number of carbonyl (C=O) groups excluding carboxylic acids is 1. The molecule has 0 aliphatic rings. The molecule has 27 heavy (non-hydrogen) atoms. The van der Waals surface area contributed by atoms with E-state index in [1.165, 1.54) is 30.5 Å². The highest BCUT2D eigenvalue weighted by Gasteiger charge is 2.11. The van der Waals surface area contributed by atoms with E-state index in [0.29, 0.717) is 5.69 Å². The zero-order valence-corrected chi connectivity index (χ0v) is 14.1. The lowest BCUT2D eigenvalue weighted by molar-refractivity contribution is 0.102. The number of rotatable bonds is 4. The number of pyridine rings is 1. The van der Waals surface area contributed by atoms with Crippen LogP contribution in [0.5, 0.6) is 0 Å². The van der Waals surface area contributed by atoms with Crippen molar-refractivity contribution in [2.45, 2.75) is 0 Å². The average molecular weight is 359 g/mol. The van der Waals surface area contributed by atoms with Crippen molar-refractivity contribution in [2.75, 3.05) is 10.6 Å². The van der Waals surface area contributed by atoms with Gasteiger partial charge in [0, 0.05) is 23.5 Å². The van der Waals surface area contributed by atoms with Crippen LogP contribution < -0.4 is 10.6 Å².